The van der Waals surface area contributed by atoms with E-state index in [-0.39, 0.29) is 35.7 Å². The Balaban J connectivity index is 1.14. The van der Waals surface area contributed by atoms with Crippen molar-refractivity contribution in [3.05, 3.63) is 89.2 Å². The molecule has 10 nitrogen and oxygen atoms in total. The van der Waals surface area contributed by atoms with Crippen LogP contribution in [0.3, 0.4) is 0 Å². The summed E-state index contributed by atoms with van der Waals surface area (Å²) in [5, 5.41) is 22.5. The fraction of sp³-hybridized carbons (Fsp3) is 0.324. The molecular weight excluding hydrogens is 687 g/mol. The van der Waals surface area contributed by atoms with Crippen LogP contribution >= 0.6 is 0 Å². The number of rotatable bonds is 7. The number of phenols is 1. The Hall–Kier alpha value is -5.12. The summed E-state index contributed by atoms with van der Waals surface area (Å²) in [6, 6.07) is 11.6. The number of ether oxygens (including phenoxy) is 1. The molecule has 0 radical (unpaired) electrons. The first-order valence-corrected chi connectivity index (χ1v) is 16.6. The Kier molecular flexibility index (Phi) is 9.13. The highest BCUT2D eigenvalue weighted by molar-refractivity contribution is 6.10. The third kappa shape index (κ3) is 7.16. The number of carbonyl (C=O) groups excluding carboxylic acids is 1. The monoisotopic (exact) mass is 722 g/mol. The molecule has 272 valence electrons. The molecule has 2 aliphatic rings. The van der Waals surface area contributed by atoms with E-state index in [9.17, 15) is 28.2 Å². The fourth-order valence-electron chi connectivity index (χ4n) is 6.66. The third-order valence-corrected chi connectivity index (χ3v) is 9.33. The maximum absolute atomic E-state index is 15.4. The molecule has 52 heavy (non-hydrogen) atoms. The van der Waals surface area contributed by atoms with Gasteiger partial charge in [-0.2, -0.15) is 13.2 Å². The lowest BCUT2D eigenvalue weighted by Crippen LogP contribution is -2.48. The number of aromatic amines is 1. The molecule has 1 fully saturated rings. The van der Waals surface area contributed by atoms with Gasteiger partial charge in [0.05, 0.1) is 35.8 Å². The maximum atomic E-state index is 15.4. The van der Waals surface area contributed by atoms with Crippen molar-refractivity contribution < 1.29 is 41.7 Å². The topological polar surface area (TPSA) is 118 Å². The van der Waals surface area contributed by atoms with Crippen molar-refractivity contribution in [2.24, 2.45) is 0 Å². The zero-order valence-electron chi connectivity index (χ0n) is 28.3. The minimum Gasteiger partial charge on any atom is -0.505 e. The molecular formula is C37H35F5N6O4. The van der Waals surface area contributed by atoms with E-state index in [0.717, 1.165) is 28.7 Å². The predicted octanol–water partition coefficient (Wildman–Crippen LogP) is 6.22. The molecule has 7 rings (SSSR count). The van der Waals surface area contributed by atoms with Gasteiger partial charge in [-0.1, -0.05) is 6.07 Å². The molecule has 5 aromatic rings. The molecule has 2 aromatic carbocycles. The second-order valence-corrected chi connectivity index (χ2v) is 13.5. The van der Waals surface area contributed by atoms with Gasteiger partial charge in [0.1, 0.15) is 41.0 Å². The highest BCUT2D eigenvalue weighted by Gasteiger charge is 2.34. The number of aromatic nitrogens is 3. The number of fused-ring (bicyclic) bond motifs is 2. The Labute approximate surface area is 295 Å². The highest BCUT2D eigenvalue weighted by atomic mass is 19.4. The zero-order valence-corrected chi connectivity index (χ0v) is 28.3. The zero-order chi connectivity index (χ0) is 36.9. The molecule has 5 heterocycles. The Morgan fingerprint density at radius 3 is 2.37 bits per heavy atom. The third-order valence-electron chi connectivity index (χ3n) is 9.33. The summed E-state index contributed by atoms with van der Waals surface area (Å²) in [6.07, 6.45) is -1.02. The number of anilines is 1. The largest absolute Gasteiger partial charge is 0.505 e. The van der Waals surface area contributed by atoms with Crippen molar-refractivity contribution in [3.8, 4) is 34.0 Å². The smallest absolute Gasteiger partial charge is 0.401 e. The molecule has 0 unspecified atom stereocenters. The Morgan fingerprint density at radius 1 is 0.923 bits per heavy atom. The Morgan fingerprint density at radius 2 is 1.67 bits per heavy atom. The molecule has 1 amide bonds. The second kappa shape index (κ2) is 13.5. The average molecular weight is 723 g/mol. The molecule has 3 aromatic heterocycles. The number of halogens is 5. The van der Waals surface area contributed by atoms with E-state index in [4.69, 9.17) is 4.74 Å². The summed E-state index contributed by atoms with van der Waals surface area (Å²) < 4.78 is 74.6. The van der Waals surface area contributed by atoms with Crippen molar-refractivity contribution >= 4 is 22.6 Å². The number of aromatic hydroxyl groups is 1. The summed E-state index contributed by atoms with van der Waals surface area (Å²) in [7, 11) is 0. The van der Waals surface area contributed by atoms with Crippen LogP contribution in [0.2, 0.25) is 0 Å². The van der Waals surface area contributed by atoms with Gasteiger partial charge < -0.3 is 24.8 Å². The first-order valence-electron chi connectivity index (χ1n) is 16.6. The first-order chi connectivity index (χ1) is 24.6. The molecule has 1 saturated heterocycles. The van der Waals surface area contributed by atoms with Crippen molar-refractivity contribution in [1.29, 1.82) is 0 Å². The minimum absolute atomic E-state index is 0.0687. The number of pyridine rings is 2. The number of phenolic OH excluding ortho intramolecular Hbond substituents is 1. The number of aliphatic hydroxyl groups is 1. The van der Waals surface area contributed by atoms with Crippen LogP contribution in [0.4, 0.5) is 27.6 Å². The number of nitrogens with one attached hydrogen (secondary N) is 1. The SMILES string of the molecule is CC(C)(O)c1cc(F)c2c(c1)OCCN(c1cc(F)cc(-c3ccnc4[nH]c(-c5ccc(CN6CCN(CC(F)(F)F)CC6)cn5)cc34)c1O)C2=O. The van der Waals surface area contributed by atoms with Crippen LogP contribution in [0.25, 0.3) is 33.5 Å². The van der Waals surface area contributed by atoms with Crippen molar-refractivity contribution in [2.45, 2.75) is 32.2 Å². The molecule has 0 atom stereocenters. The molecule has 0 aliphatic carbocycles. The van der Waals surface area contributed by atoms with Crippen LogP contribution in [-0.4, -0.2) is 92.9 Å². The lowest BCUT2D eigenvalue weighted by atomic mass is 9.95. The summed E-state index contributed by atoms with van der Waals surface area (Å²) in [5.74, 6) is -3.01. The van der Waals surface area contributed by atoms with Gasteiger partial charge in [-0.3, -0.25) is 19.6 Å². The quantitative estimate of drug-likeness (QED) is 0.170. The van der Waals surface area contributed by atoms with Gasteiger partial charge in [0.2, 0.25) is 0 Å². The number of benzene rings is 2. The van der Waals surface area contributed by atoms with Crippen molar-refractivity contribution in [3.63, 3.8) is 0 Å². The van der Waals surface area contributed by atoms with Gasteiger partial charge in [0, 0.05) is 62.1 Å². The summed E-state index contributed by atoms with van der Waals surface area (Å²) in [5.41, 5.74) is 1.20. The summed E-state index contributed by atoms with van der Waals surface area (Å²) in [4.78, 5) is 30.5. The molecule has 2 aliphatic heterocycles. The number of piperazine rings is 1. The lowest BCUT2D eigenvalue weighted by Gasteiger charge is -2.34. The number of H-pyrrole nitrogens is 1. The highest BCUT2D eigenvalue weighted by Crippen LogP contribution is 2.43. The van der Waals surface area contributed by atoms with Crippen LogP contribution in [0.5, 0.6) is 11.5 Å². The molecule has 3 N–H and O–H groups in total. The number of hydrogen-bond acceptors (Lipinski definition) is 8. The molecule has 0 spiro atoms. The first kappa shape index (κ1) is 35.3. The van der Waals surface area contributed by atoms with Gasteiger partial charge in [0.25, 0.3) is 5.91 Å². The number of carbonyl (C=O) groups is 1. The van der Waals surface area contributed by atoms with Crippen molar-refractivity contribution in [1.82, 2.24) is 24.8 Å². The summed E-state index contributed by atoms with van der Waals surface area (Å²) >= 11 is 0. The molecule has 15 heteroatoms. The van der Waals surface area contributed by atoms with E-state index in [0.29, 0.717) is 60.7 Å². The number of alkyl halides is 3. The van der Waals surface area contributed by atoms with Crippen LogP contribution in [-0.2, 0) is 12.1 Å². The minimum atomic E-state index is -4.22. The van der Waals surface area contributed by atoms with E-state index in [1.165, 1.54) is 31.0 Å². The molecule has 0 bridgehead atoms. The van der Waals surface area contributed by atoms with Gasteiger partial charge in [-0.25, -0.2) is 13.8 Å². The van der Waals surface area contributed by atoms with E-state index >= 15 is 8.78 Å². The standard InChI is InChI=1S/C37H35F5N6O4/c1-36(2,51)22-13-27(39)32-31(14-22)52-12-11-48(35(32)50)30-16-23(38)15-25(33(30)49)24-5-6-43-34-26(24)17-29(45-34)28-4-3-21(18-44-28)19-46-7-9-47(10-8-46)20-37(40,41)42/h3-6,13-18,49,51H,7-12,19-20H2,1-2H3,(H,43,45). The van der Waals surface area contributed by atoms with E-state index in [1.54, 1.807) is 18.3 Å². The Bertz CT molecular complexity index is 2140. The average Bonchev–Trinajstić information content (AvgIpc) is 3.45. The van der Waals surface area contributed by atoms with Gasteiger partial charge in [-0.05, 0) is 66.9 Å². The lowest BCUT2D eigenvalue weighted by molar-refractivity contribution is -0.149. The van der Waals surface area contributed by atoms with Crippen molar-refractivity contribution in [2.75, 3.05) is 50.8 Å². The van der Waals surface area contributed by atoms with E-state index in [2.05, 4.69) is 19.9 Å². The summed E-state index contributed by atoms with van der Waals surface area (Å²) in [6.45, 7) is 4.04. The van der Waals surface area contributed by atoms with Gasteiger partial charge >= 0.3 is 6.18 Å². The normalized spacial score (nSPS) is 16.2. The number of hydrogen-bond donors (Lipinski definition) is 3. The fourth-order valence-corrected chi connectivity index (χ4v) is 6.66. The van der Waals surface area contributed by atoms with Crippen LogP contribution in [0.15, 0.2) is 60.9 Å². The van der Waals surface area contributed by atoms with Gasteiger partial charge in [0.15, 0.2) is 0 Å². The van der Waals surface area contributed by atoms with Crippen LogP contribution < -0.4 is 9.64 Å². The van der Waals surface area contributed by atoms with Gasteiger partial charge in [-0.15, -0.1) is 0 Å². The number of nitrogens with zero attached hydrogens (tertiary/aromatic N) is 5. The van der Waals surface area contributed by atoms with E-state index in [1.807, 2.05) is 12.1 Å². The maximum Gasteiger partial charge on any atom is 0.401 e. The molecule has 0 saturated carbocycles. The predicted molar refractivity (Wildman–Crippen MR) is 183 cm³/mol. The number of amides is 1. The second-order valence-electron chi connectivity index (χ2n) is 13.5. The van der Waals surface area contributed by atoms with Crippen LogP contribution in [0.1, 0.15) is 35.3 Å². The van der Waals surface area contributed by atoms with Crippen LogP contribution in [0, 0.1) is 11.6 Å². The van der Waals surface area contributed by atoms with E-state index < -0.39 is 47.2 Å².